The maximum absolute atomic E-state index is 5.88. The third-order valence-electron chi connectivity index (χ3n) is 2.99. The molecule has 94 valence electrons. The Morgan fingerprint density at radius 3 is 2.89 bits per heavy atom. The molecule has 3 aromatic rings. The third kappa shape index (κ3) is 2.07. The minimum atomic E-state index is 0. The van der Waals surface area contributed by atoms with Gasteiger partial charge in [-0.3, -0.25) is 4.98 Å². The zero-order chi connectivity index (χ0) is 11.8. The van der Waals surface area contributed by atoms with Crippen molar-refractivity contribution < 1.29 is 0 Å². The van der Waals surface area contributed by atoms with Gasteiger partial charge in [-0.25, -0.2) is 0 Å². The van der Waals surface area contributed by atoms with Crippen LogP contribution in [0.2, 0.25) is 0 Å². The van der Waals surface area contributed by atoms with Gasteiger partial charge in [-0.15, -0.1) is 12.4 Å². The van der Waals surface area contributed by atoms with Gasteiger partial charge in [-0.05, 0) is 31.2 Å². The molecule has 0 radical (unpaired) electrons. The summed E-state index contributed by atoms with van der Waals surface area (Å²) in [5.41, 5.74) is 8.14. The largest absolute Gasteiger partial charge is 0.345 e. The lowest BCUT2D eigenvalue weighted by molar-refractivity contribution is 0.606. The van der Waals surface area contributed by atoms with Gasteiger partial charge in [0.05, 0.1) is 11.0 Å². The average Bonchev–Trinajstić information content (AvgIpc) is 2.72. The summed E-state index contributed by atoms with van der Waals surface area (Å²) in [6.07, 6.45) is 3.92. The first-order valence-electron chi connectivity index (χ1n) is 5.84. The van der Waals surface area contributed by atoms with Crippen LogP contribution in [0.1, 0.15) is 6.92 Å². The predicted octanol–water partition coefficient (Wildman–Crippen LogP) is 2.96. The summed E-state index contributed by atoms with van der Waals surface area (Å²) in [4.78, 5) is 4.39. The van der Waals surface area contributed by atoms with Crippen molar-refractivity contribution in [1.82, 2.24) is 9.55 Å². The molecule has 2 N–H and O–H groups in total. The van der Waals surface area contributed by atoms with E-state index in [0.717, 1.165) is 12.1 Å². The Hall–Kier alpha value is -1.58. The van der Waals surface area contributed by atoms with Crippen LogP contribution in [-0.2, 0) is 6.54 Å². The lowest BCUT2D eigenvalue weighted by Gasteiger charge is -2.10. The Labute approximate surface area is 112 Å². The van der Waals surface area contributed by atoms with E-state index in [1.807, 2.05) is 19.2 Å². The van der Waals surface area contributed by atoms with Gasteiger partial charge in [0, 0.05) is 35.8 Å². The van der Waals surface area contributed by atoms with Gasteiger partial charge >= 0.3 is 0 Å². The molecule has 3 nitrogen and oxygen atoms in total. The van der Waals surface area contributed by atoms with E-state index in [1.165, 1.54) is 16.3 Å². The second kappa shape index (κ2) is 4.96. The number of fused-ring (bicyclic) bond motifs is 3. The van der Waals surface area contributed by atoms with E-state index in [4.69, 9.17) is 5.73 Å². The number of nitrogens with zero attached hydrogens (tertiary/aromatic N) is 2. The van der Waals surface area contributed by atoms with Crippen LogP contribution in [0.5, 0.6) is 0 Å². The van der Waals surface area contributed by atoms with Crippen molar-refractivity contribution >= 4 is 34.2 Å². The van der Waals surface area contributed by atoms with E-state index in [2.05, 4.69) is 40.0 Å². The van der Waals surface area contributed by atoms with Crippen molar-refractivity contribution in [2.75, 3.05) is 0 Å². The average molecular weight is 262 g/mol. The van der Waals surface area contributed by atoms with E-state index in [0.29, 0.717) is 0 Å². The van der Waals surface area contributed by atoms with Gasteiger partial charge in [0.2, 0.25) is 0 Å². The Balaban J connectivity index is 0.00000120. The standard InChI is InChI=1S/C14H15N3.ClH/c1-10(15)9-17-8-6-11-4-5-13-12(14(11)17)3-2-7-16-13;/h2-8,10H,9,15H2,1H3;1H/t10-;/m1./s1. The first-order valence-corrected chi connectivity index (χ1v) is 5.84. The summed E-state index contributed by atoms with van der Waals surface area (Å²) in [6, 6.07) is 10.5. The molecular formula is C14H16ClN3. The Bertz CT molecular complexity index is 673. The highest BCUT2D eigenvalue weighted by Gasteiger charge is 2.07. The molecule has 0 aliphatic rings. The first-order chi connectivity index (χ1) is 8.25. The summed E-state index contributed by atoms with van der Waals surface area (Å²) >= 11 is 0. The molecular weight excluding hydrogens is 246 g/mol. The van der Waals surface area contributed by atoms with Crippen molar-refractivity contribution in [3.05, 3.63) is 42.7 Å². The van der Waals surface area contributed by atoms with E-state index < -0.39 is 0 Å². The lowest BCUT2D eigenvalue weighted by Crippen LogP contribution is -2.21. The van der Waals surface area contributed by atoms with Gasteiger partial charge in [0.15, 0.2) is 0 Å². The maximum Gasteiger partial charge on any atom is 0.0723 e. The molecule has 1 atom stereocenters. The van der Waals surface area contributed by atoms with Crippen molar-refractivity contribution in [2.24, 2.45) is 5.73 Å². The van der Waals surface area contributed by atoms with Crippen LogP contribution < -0.4 is 5.73 Å². The van der Waals surface area contributed by atoms with Crippen LogP contribution in [0.15, 0.2) is 42.7 Å². The van der Waals surface area contributed by atoms with Gasteiger partial charge in [-0.1, -0.05) is 6.07 Å². The number of rotatable bonds is 2. The van der Waals surface area contributed by atoms with Crippen LogP contribution in [0.25, 0.3) is 21.8 Å². The van der Waals surface area contributed by atoms with Crippen LogP contribution in [0.3, 0.4) is 0 Å². The molecule has 4 heteroatoms. The molecule has 2 heterocycles. The molecule has 0 aliphatic heterocycles. The number of benzene rings is 1. The molecule has 0 unspecified atom stereocenters. The Morgan fingerprint density at radius 2 is 2.11 bits per heavy atom. The fourth-order valence-electron chi connectivity index (χ4n) is 2.32. The van der Waals surface area contributed by atoms with E-state index in [1.54, 1.807) is 0 Å². The highest BCUT2D eigenvalue weighted by molar-refractivity contribution is 6.04. The molecule has 0 amide bonds. The highest BCUT2D eigenvalue weighted by Crippen LogP contribution is 2.25. The maximum atomic E-state index is 5.88. The van der Waals surface area contributed by atoms with Gasteiger partial charge in [0.1, 0.15) is 0 Å². The molecule has 1 aromatic carbocycles. The first kappa shape index (κ1) is 12.9. The molecule has 0 aliphatic carbocycles. The topological polar surface area (TPSA) is 43.8 Å². The van der Waals surface area contributed by atoms with Crippen LogP contribution in [0.4, 0.5) is 0 Å². The highest BCUT2D eigenvalue weighted by atomic mass is 35.5. The summed E-state index contributed by atoms with van der Waals surface area (Å²) in [7, 11) is 0. The molecule has 3 rings (SSSR count). The summed E-state index contributed by atoms with van der Waals surface area (Å²) < 4.78 is 2.21. The summed E-state index contributed by atoms with van der Waals surface area (Å²) in [5.74, 6) is 0. The monoisotopic (exact) mass is 261 g/mol. The van der Waals surface area contributed by atoms with Crippen molar-refractivity contribution in [2.45, 2.75) is 19.5 Å². The number of aromatic nitrogens is 2. The molecule has 2 aromatic heterocycles. The molecule has 0 saturated carbocycles. The molecule has 0 bridgehead atoms. The van der Waals surface area contributed by atoms with E-state index >= 15 is 0 Å². The molecule has 0 saturated heterocycles. The smallest absolute Gasteiger partial charge is 0.0723 e. The number of nitrogens with two attached hydrogens (primary N) is 1. The van der Waals surface area contributed by atoms with Crippen LogP contribution in [-0.4, -0.2) is 15.6 Å². The summed E-state index contributed by atoms with van der Waals surface area (Å²) in [6.45, 7) is 2.85. The van der Waals surface area contributed by atoms with Gasteiger partial charge in [0.25, 0.3) is 0 Å². The SMILES string of the molecule is C[C@@H](N)Cn1ccc2ccc3ncccc3c21.Cl. The molecule has 18 heavy (non-hydrogen) atoms. The Kier molecular flexibility index (Phi) is 3.55. The normalized spacial score (nSPS) is 12.6. The number of hydrogen-bond donors (Lipinski definition) is 1. The number of halogens is 1. The molecule has 0 spiro atoms. The van der Waals surface area contributed by atoms with Crippen molar-refractivity contribution in [1.29, 1.82) is 0 Å². The Morgan fingerprint density at radius 1 is 1.28 bits per heavy atom. The molecule has 0 fully saturated rings. The fourth-order valence-corrected chi connectivity index (χ4v) is 2.32. The van der Waals surface area contributed by atoms with E-state index in [-0.39, 0.29) is 18.4 Å². The minimum Gasteiger partial charge on any atom is -0.345 e. The predicted molar refractivity (Wildman–Crippen MR) is 78.1 cm³/mol. The van der Waals surface area contributed by atoms with Gasteiger partial charge in [-0.2, -0.15) is 0 Å². The van der Waals surface area contributed by atoms with E-state index in [9.17, 15) is 0 Å². The quantitative estimate of drug-likeness (QED) is 0.771. The van der Waals surface area contributed by atoms with Crippen LogP contribution in [0, 0.1) is 0 Å². The second-order valence-electron chi connectivity index (χ2n) is 4.52. The van der Waals surface area contributed by atoms with Gasteiger partial charge < -0.3 is 10.3 Å². The number of pyridine rings is 1. The summed E-state index contributed by atoms with van der Waals surface area (Å²) in [5, 5.41) is 2.43. The zero-order valence-electron chi connectivity index (χ0n) is 10.2. The van der Waals surface area contributed by atoms with Crippen molar-refractivity contribution in [3.8, 4) is 0 Å². The fraction of sp³-hybridized carbons (Fsp3) is 0.214. The number of hydrogen-bond acceptors (Lipinski definition) is 2. The lowest BCUT2D eigenvalue weighted by atomic mass is 10.1. The third-order valence-corrected chi connectivity index (χ3v) is 2.99. The van der Waals surface area contributed by atoms with Crippen molar-refractivity contribution in [3.63, 3.8) is 0 Å². The minimum absolute atomic E-state index is 0. The van der Waals surface area contributed by atoms with Crippen LogP contribution >= 0.6 is 12.4 Å². The second-order valence-corrected chi connectivity index (χ2v) is 4.52. The zero-order valence-corrected chi connectivity index (χ0v) is 11.0.